The summed E-state index contributed by atoms with van der Waals surface area (Å²) in [5.41, 5.74) is 0. The molecule has 0 aliphatic carbocycles. The van der Waals surface area contributed by atoms with E-state index < -0.39 is 123 Å². The fraction of sp³-hybridized carbons (Fsp3) is 0.833. The maximum Gasteiger partial charge on any atom is 0.217 e. The molecule has 14 unspecified atom stereocenters. The third-order valence-electron chi connectivity index (χ3n) is 6.84. The van der Waals surface area contributed by atoms with Crippen molar-refractivity contribution < 1.29 is 79.0 Å². The number of amides is 3. The zero-order chi connectivity index (χ0) is 32.6. The fourth-order valence-electron chi connectivity index (χ4n) is 4.78. The van der Waals surface area contributed by atoms with E-state index in [1.54, 1.807) is 0 Å². The van der Waals surface area contributed by atoms with Gasteiger partial charge in [-0.1, -0.05) is 0 Å². The highest BCUT2D eigenvalue weighted by Gasteiger charge is 2.53. The highest BCUT2D eigenvalue weighted by molar-refractivity contribution is 5.77. The van der Waals surface area contributed by atoms with Crippen LogP contribution in [0.1, 0.15) is 20.8 Å². The van der Waals surface area contributed by atoms with Crippen LogP contribution < -0.4 is 16.0 Å². The summed E-state index contributed by atoms with van der Waals surface area (Å²) in [4.78, 5) is 46.8. The zero-order valence-corrected chi connectivity index (χ0v) is 23.6. The van der Waals surface area contributed by atoms with Crippen molar-refractivity contribution in [3.05, 3.63) is 0 Å². The Kier molecular flexibility index (Phi) is 14.2. The van der Waals surface area contributed by atoms with Crippen LogP contribution in [-0.4, -0.2) is 170 Å². The van der Waals surface area contributed by atoms with Crippen LogP contribution in [0.15, 0.2) is 0 Å². The number of carbonyl (C=O) groups is 4. The van der Waals surface area contributed by atoms with Gasteiger partial charge < -0.3 is 80.5 Å². The first kappa shape index (κ1) is 36.8. The van der Waals surface area contributed by atoms with Gasteiger partial charge >= 0.3 is 0 Å². The van der Waals surface area contributed by atoms with E-state index >= 15 is 0 Å². The number of hydrogen-bond donors (Lipinski definition) is 11. The van der Waals surface area contributed by atoms with E-state index in [1.165, 1.54) is 0 Å². The molecule has 0 aromatic carbocycles. The second-order valence-corrected chi connectivity index (χ2v) is 10.2. The van der Waals surface area contributed by atoms with Crippen LogP contribution in [-0.2, 0) is 38.1 Å². The summed E-state index contributed by atoms with van der Waals surface area (Å²) in [6.45, 7) is 0.540. The third kappa shape index (κ3) is 9.30. The van der Waals surface area contributed by atoms with E-state index in [1.807, 2.05) is 0 Å². The molecule has 14 atom stereocenters. The van der Waals surface area contributed by atoms with Gasteiger partial charge in [-0.15, -0.1) is 0 Å². The van der Waals surface area contributed by atoms with E-state index in [-0.39, 0.29) is 6.29 Å². The van der Waals surface area contributed by atoms with Crippen molar-refractivity contribution in [2.75, 3.05) is 19.8 Å². The number of aldehydes is 1. The summed E-state index contributed by atoms with van der Waals surface area (Å²) in [5.74, 6) is -2.13. The Bertz CT molecular complexity index is 944. The predicted molar refractivity (Wildman–Crippen MR) is 137 cm³/mol. The van der Waals surface area contributed by atoms with Crippen LogP contribution in [0.3, 0.4) is 0 Å². The van der Waals surface area contributed by atoms with E-state index in [0.29, 0.717) is 0 Å². The molecular formula is C24H41N3O16. The average molecular weight is 628 g/mol. The van der Waals surface area contributed by atoms with Crippen molar-refractivity contribution >= 4 is 24.0 Å². The Labute approximate surface area is 245 Å². The molecule has 0 aromatic rings. The number of aliphatic hydroxyl groups excluding tert-OH is 8. The molecule has 43 heavy (non-hydrogen) atoms. The van der Waals surface area contributed by atoms with Crippen molar-refractivity contribution in [2.45, 2.75) is 106 Å². The molecule has 248 valence electrons. The Morgan fingerprint density at radius 1 is 0.814 bits per heavy atom. The summed E-state index contributed by atoms with van der Waals surface area (Å²) in [5, 5.41) is 89.2. The number of hydrogen-bond acceptors (Lipinski definition) is 16. The number of ether oxygens (including phenoxy) is 4. The second kappa shape index (κ2) is 16.6. The SMILES string of the molecule is CC(=O)NC(C=O)C(O)C(OC1OC(CO)C(OC2OC(CO)C(O)C(O)C2NC(C)=O)C(O)C1NC(C)=O)C(O)CO. The minimum Gasteiger partial charge on any atom is -0.394 e. The molecule has 2 fully saturated rings. The first-order valence-corrected chi connectivity index (χ1v) is 13.3. The molecule has 0 saturated carbocycles. The molecule has 2 saturated heterocycles. The molecule has 0 bridgehead atoms. The maximum absolute atomic E-state index is 12.1. The van der Waals surface area contributed by atoms with Gasteiger partial charge in [-0.3, -0.25) is 14.4 Å². The second-order valence-electron chi connectivity index (χ2n) is 10.2. The lowest BCUT2D eigenvalue weighted by Crippen LogP contribution is -2.70. The van der Waals surface area contributed by atoms with Gasteiger partial charge in [-0.2, -0.15) is 0 Å². The molecular weight excluding hydrogens is 586 g/mol. The Balaban J connectivity index is 2.42. The number of nitrogens with one attached hydrogen (secondary N) is 3. The van der Waals surface area contributed by atoms with E-state index in [0.717, 1.165) is 20.8 Å². The van der Waals surface area contributed by atoms with Gasteiger partial charge in [0.2, 0.25) is 17.7 Å². The van der Waals surface area contributed by atoms with Gasteiger partial charge in [-0.25, -0.2) is 0 Å². The number of carbonyl (C=O) groups excluding carboxylic acids is 4. The van der Waals surface area contributed by atoms with Gasteiger partial charge in [0.15, 0.2) is 12.6 Å². The van der Waals surface area contributed by atoms with Crippen LogP contribution in [0.4, 0.5) is 0 Å². The minimum atomic E-state index is -1.98. The lowest BCUT2D eigenvalue weighted by atomic mass is 9.94. The van der Waals surface area contributed by atoms with Gasteiger partial charge in [0.1, 0.15) is 79.3 Å². The van der Waals surface area contributed by atoms with Crippen molar-refractivity contribution in [3.8, 4) is 0 Å². The molecule has 2 rings (SSSR count). The standard InChI is InChI=1S/C24H41N3O16/c1-8(32)25-11(4-28)17(36)21(12(35)5-29)42-24-16(27-10(3)34)20(39)22(14(7-31)41-24)43-23-15(26-9(2)33)19(38)18(37)13(6-30)40-23/h4,11-24,29-31,35-39H,5-7H2,1-3H3,(H,25,32)(H,26,33)(H,27,34). The third-order valence-corrected chi connectivity index (χ3v) is 6.84. The molecule has 2 aliphatic rings. The van der Waals surface area contributed by atoms with Gasteiger partial charge in [0.25, 0.3) is 0 Å². The fourth-order valence-corrected chi connectivity index (χ4v) is 4.78. The van der Waals surface area contributed by atoms with Gasteiger partial charge in [0, 0.05) is 20.8 Å². The van der Waals surface area contributed by atoms with Gasteiger partial charge in [-0.05, 0) is 0 Å². The molecule has 11 N–H and O–H groups in total. The predicted octanol–water partition coefficient (Wildman–Crippen LogP) is -7.30. The summed E-state index contributed by atoms with van der Waals surface area (Å²) < 4.78 is 22.6. The van der Waals surface area contributed by atoms with Crippen LogP contribution >= 0.6 is 0 Å². The minimum absolute atomic E-state index is 0.148. The summed E-state index contributed by atoms with van der Waals surface area (Å²) in [6.07, 6.45) is -18.8. The van der Waals surface area contributed by atoms with Gasteiger partial charge in [0.05, 0.1) is 19.8 Å². The van der Waals surface area contributed by atoms with Crippen molar-refractivity contribution in [1.82, 2.24) is 16.0 Å². The number of aliphatic hydroxyl groups is 8. The summed E-state index contributed by atoms with van der Waals surface area (Å²) in [7, 11) is 0. The average Bonchev–Trinajstić information content (AvgIpc) is 2.95. The maximum atomic E-state index is 12.1. The van der Waals surface area contributed by atoms with Crippen LogP contribution in [0.25, 0.3) is 0 Å². The summed E-state index contributed by atoms with van der Waals surface area (Å²) >= 11 is 0. The first-order valence-electron chi connectivity index (χ1n) is 13.3. The Morgan fingerprint density at radius 3 is 1.81 bits per heavy atom. The van der Waals surface area contributed by atoms with E-state index in [9.17, 15) is 60.0 Å². The molecule has 3 amide bonds. The van der Waals surface area contributed by atoms with E-state index in [2.05, 4.69) is 16.0 Å². The van der Waals surface area contributed by atoms with Crippen molar-refractivity contribution in [2.24, 2.45) is 0 Å². The zero-order valence-electron chi connectivity index (χ0n) is 23.6. The van der Waals surface area contributed by atoms with Crippen LogP contribution in [0.2, 0.25) is 0 Å². The molecule has 2 heterocycles. The summed E-state index contributed by atoms with van der Waals surface area (Å²) in [6, 6.07) is -4.66. The largest absolute Gasteiger partial charge is 0.394 e. The Hall–Kier alpha value is -2.40. The molecule has 19 nitrogen and oxygen atoms in total. The molecule has 2 aliphatic heterocycles. The lowest BCUT2D eigenvalue weighted by Gasteiger charge is -2.48. The monoisotopic (exact) mass is 627 g/mol. The van der Waals surface area contributed by atoms with Crippen molar-refractivity contribution in [3.63, 3.8) is 0 Å². The highest BCUT2D eigenvalue weighted by atomic mass is 16.7. The van der Waals surface area contributed by atoms with E-state index in [4.69, 9.17) is 18.9 Å². The quantitative estimate of drug-likeness (QED) is 0.0797. The number of rotatable bonds is 14. The first-order chi connectivity index (χ1) is 20.2. The Morgan fingerprint density at radius 2 is 1.35 bits per heavy atom. The molecule has 0 spiro atoms. The van der Waals surface area contributed by atoms with Crippen LogP contribution in [0, 0.1) is 0 Å². The van der Waals surface area contributed by atoms with Crippen molar-refractivity contribution in [1.29, 1.82) is 0 Å². The topological polar surface area (TPSA) is 303 Å². The smallest absolute Gasteiger partial charge is 0.217 e. The normalized spacial score (nSPS) is 35.6. The van der Waals surface area contributed by atoms with Crippen LogP contribution in [0.5, 0.6) is 0 Å². The molecule has 0 radical (unpaired) electrons. The highest BCUT2D eigenvalue weighted by Crippen LogP contribution is 2.31. The molecule has 0 aromatic heterocycles. The molecule has 19 heteroatoms. The lowest BCUT2D eigenvalue weighted by molar-refractivity contribution is -0.341.